The number of hydrogen-bond acceptors (Lipinski definition) is 5. The standard InChI is InChI=1S/C19H25N5O/c1-16-5-2-3-6-17(16)15-20-10-7-18(25)23-11-13-24(14-12-23)19-21-8-4-9-22-19/h2-6,8-9,20H,7,10-15H2,1H3. The highest BCUT2D eigenvalue weighted by Gasteiger charge is 2.21. The minimum absolute atomic E-state index is 0.214. The first kappa shape index (κ1) is 17.4. The summed E-state index contributed by atoms with van der Waals surface area (Å²) in [5.41, 5.74) is 2.56. The van der Waals surface area contributed by atoms with Crippen LogP contribution in [0.25, 0.3) is 0 Å². The van der Waals surface area contributed by atoms with Crippen LogP contribution >= 0.6 is 0 Å². The quantitative estimate of drug-likeness (QED) is 0.810. The average molecular weight is 339 g/mol. The van der Waals surface area contributed by atoms with Gasteiger partial charge in [0.15, 0.2) is 0 Å². The Morgan fingerprint density at radius 1 is 1.08 bits per heavy atom. The van der Waals surface area contributed by atoms with E-state index in [-0.39, 0.29) is 5.91 Å². The third-order valence-electron chi connectivity index (χ3n) is 4.56. The van der Waals surface area contributed by atoms with E-state index in [4.69, 9.17) is 0 Å². The Bertz CT molecular complexity index is 683. The summed E-state index contributed by atoms with van der Waals surface area (Å²) in [7, 11) is 0. The zero-order valence-corrected chi connectivity index (χ0v) is 14.7. The number of rotatable bonds is 6. The van der Waals surface area contributed by atoms with Gasteiger partial charge in [0, 0.05) is 58.1 Å². The van der Waals surface area contributed by atoms with Crippen molar-refractivity contribution in [3.05, 3.63) is 53.9 Å². The third kappa shape index (κ3) is 4.76. The van der Waals surface area contributed by atoms with Crippen molar-refractivity contribution < 1.29 is 4.79 Å². The van der Waals surface area contributed by atoms with Crippen molar-refractivity contribution in [1.29, 1.82) is 0 Å². The van der Waals surface area contributed by atoms with Crippen LogP contribution < -0.4 is 10.2 Å². The van der Waals surface area contributed by atoms with Gasteiger partial charge in [-0.15, -0.1) is 0 Å². The van der Waals surface area contributed by atoms with Crippen molar-refractivity contribution in [3.63, 3.8) is 0 Å². The second kappa shape index (κ2) is 8.58. The molecule has 1 amide bonds. The maximum absolute atomic E-state index is 12.4. The Balaban J connectivity index is 1.37. The minimum atomic E-state index is 0.214. The molecule has 1 aromatic heterocycles. The molecular formula is C19H25N5O. The molecule has 2 heterocycles. The highest BCUT2D eigenvalue weighted by molar-refractivity contribution is 5.76. The number of piperazine rings is 1. The molecule has 3 rings (SSSR count). The molecule has 1 saturated heterocycles. The molecule has 0 unspecified atom stereocenters. The summed E-state index contributed by atoms with van der Waals surface area (Å²) < 4.78 is 0. The van der Waals surface area contributed by atoms with Crippen LogP contribution in [0.5, 0.6) is 0 Å². The first-order valence-corrected chi connectivity index (χ1v) is 8.79. The summed E-state index contributed by atoms with van der Waals surface area (Å²) in [6.07, 6.45) is 4.04. The molecule has 1 N–H and O–H groups in total. The lowest BCUT2D eigenvalue weighted by Crippen LogP contribution is -2.49. The molecule has 0 radical (unpaired) electrons. The van der Waals surface area contributed by atoms with E-state index in [1.165, 1.54) is 11.1 Å². The highest BCUT2D eigenvalue weighted by atomic mass is 16.2. The Hall–Kier alpha value is -2.47. The number of anilines is 1. The largest absolute Gasteiger partial charge is 0.339 e. The maximum atomic E-state index is 12.4. The molecule has 6 nitrogen and oxygen atoms in total. The molecule has 25 heavy (non-hydrogen) atoms. The van der Waals surface area contributed by atoms with Crippen molar-refractivity contribution in [2.24, 2.45) is 0 Å². The lowest BCUT2D eigenvalue weighted by Gasteiger charge is -2.34. The number of benzene rings is 1. The molecule has 0 saturated carbocycles. The second-order valence-electron chi connectivity index (χ2n) is 6.27. The van der Waals surface area contributed by atoms with E-state index in [1.54, 1.807) is 12.4 Å². The fourth-order valence-corrected chi connectivity index (χ4v) is 3.00. The van der Waals surface area contributed by atoms with Crippen LogP contribution in [-0.4, -0.2) is 53.5 Å². The van der Waals surface area contributed by atoms with Gasteiger partial charge in [-0.05, 0) is 24.1 Å². The van der Waals surface area contributed by atoms with Gasteiger partial charge in [0.25, 0.3) is 0 Å². The first-order valence-electron chi connectivity index (χ1n) is 8.79. The lowest BCUT2D eigenvalue weighted by atomic mass is 10.1. The molecule has 1 aromatic carbocycles. The summed E-state index contributed by atoms with van der Waals surface area (Å²) in [6, 6.07) is 10.1. The van der Waals surface area contributed by atoms with E-state index in [0.29, 0.717) is 13.0 Å². The lowest BCUT2D eigenvalue weighted by molar-refractivity contribution is -0.131. The van der Waals surface area contributed by atoms with Crippen molar-refractivity contribution in [2.75, 3.05) is 37.6 Å². The van der Waals surface area contributed by atoms with Crippen LogP contribution in [0.3, 0.4) is 0 Å². The fourth-order valence-electron chi connectivity index (χ4n) is 3.00. The molecule has 132 valence electrons. The molecule has 0 bridgehead atoms. The fraction of sp³-hybridized carbons (Fsp3) is 0.421. The maximum Gasteiger partial charge on any atom is 0.225 e. The molecule has 0 atom stereocenters. The van der Waals surface area contributed by atoms with Gasteiger partial charge in [0.05, 0.1) is 0 Å². The Labute approximate surface area is 148 Å². The molecule has 0 spiro atoms. The normalized spacial score (nSPS) is 14.6. The van der Waals surface area contributed by atoms with E-state index in [2.05, 4.69) is 39.2 Å². The van der Waals surface area contributed by atoms with E-state index < -0.39 is 0 Å². The topological polar surface area (TPSA) is 61.4 Å². The van der Waals surface area contributed by atoms with Crippen LogP contribution in [-0.2, 0) is 11.3 Å². The van der Waals surface area contributed by atoms with Gasteiger partial charge in [0.1, 0.15) is 0 Å². The van der Waals surface area contributed by atoms with E-state index in [1.807, 2.05) is 23.1 Å². The highest BCUT2D eigenvalue weighted by Crippen LogP contribution is 2.10. The molecular weight excluding hydrogens is 314 g/mol. The number of hydrogen-bond donors (Lipinski definition) is 1. The summed E-state index contributed by atoms with van der Waals surface area (Å²) in [6.45, 7) is 6.65. The number of nitrogens with one attached hydrogen (secondary N) is 1. The van der Waals surface area contributed by atoms with Gasteiger partial charge < -0.3 is 15.1 Å². The number of nitrogens with zero attached hydrogens (tertiary/aromatic N) is 4. The van der Waals surface area contributed by atoms with Crippen molar-refractivity contribution >= 4 is 11.9 Å². The summed E-state index contributed by atoms with van der Waals surface area (Å²) >= 11 is 0. The first-order chi connectivity index (χ1) is 12.2. The monoisotopic (exact) mass is 339 g/mol. The van der Waals surface area contributed by atoms with E-state index >= 15 is 0 Å². The molecule has 1 fully saturated rings. The van der Waals surface area contributed by atoms with Crippen LogP contribution in [0.1, 0.15) is 17.5 Å². The molecule has 1 aliphatic heterocycles. The van der Waals surface area contributed by atoms with Crippen molar-refractivity contribution in [1.82, 2.24) is 20.2 Å². The van der Waals surface area contributed by atoms with Crippen molar-refractivity contribution in [3.8, 4) is 0 Å². The number of aryl methyl sites for hydroxylation is 1. The Morgan fingerprint density at radius 2 is 1.80 bits per heavy atom. The van der Waals surface area contributed by atoms with Gasteiger partial charge in [-0.3, -0.25) is 4.79 Å². The SMILES string of the molecule is Cc1ccccc1CNCCC(=O)N1CCN(c2ncccn2)CC1. The average Bonchev–Trinajstić information content (AvgIpc) is 2.67. The van der Waals surface area contributed by atoms with Crippen LogP contribution in [0.4, 0.5) is 5.95 Å². The predicted octanol–water partition coefficient (Wildman–Crippen LogP) is 1.61. The number of aromatic nitrogens is 2. The summed E-state index contributed by atoms with van der Waals surface area (Å²) in [5, 5.41) is 3.37. The van der Waals surface area contributed by atoms with Gasteiger partial charge in [-0.1, -0.05) is 24.3 Å². The molecule has 1 aliphatic rings. The summed E-state index contributed by atoms with van der Waals surface area (Å²) in [4.78, 5) is 25.0. The molecule has 2 aromatic rings. The Kier molecular flexibility index (Phi) is 5.95. The van der Waals surface area contributed by atoms with Crippen LogP contribution in [0.15, 0.2) is 42.7 Å². The van der Waals surface area contributed by atoms with E-state index in [0.717, 1.165) is 38.7 Å². The molecule has 6 heteroatoms. The number of carbonyl (C=O) groups excluding carboxylic acids is 1. The smallest absolute Gasteiger partial charge is 0.225 e. The van der Waals surface area contributed by atoms with Gasteiger partial charge in [-0.2, -0.15) is 0 Å². The zero-order chi connectivity index (χ0) is 17.5. The van der Waals surface area contributed by atoms with Gasteiger partial charge in [-0.25, -0.2) is 9.97 Å². The minimum Gasteiger partial charge on any atom is -0.339 e. The molecule has 0 aliphatic carbocycles. The zero-order valence-electron chi connectivity index (χ0n) is 14.7. The van der Waals surface area contributed by atoms with Gasteiger partial charge in [0.2, 0.25) is 11.9 Å². The number of carbonyl (C=O) groups is 1. The van der Waals surface area contributed by atoms with Gasteiger partial charge >= 0.3 is 0 Å². The van der Waals surface area contributed by atoms with Crippen LogP contribution in [0, 0.1) is 6.92 Å². The summed E-state index contributed by atoms with van der Waals surface area (Å²) in [5.74, 6) is 0.959. The third-order valence-corrected chi connectivity index (χ3v) is 4.56. The second-order valence-corrected chi connectivity index (χ2v) is 6.27. The van der Waals surface area contributed by atoms with Crippen molar-refractivity contribution in [2.45, 2.75) is 19.9 Å². The Morgan fingerprint density at radius 3 is 2.52 bits per heavy atom. The predicted molar refractivity (Wildman–Crippen MR) is 98.3 cm³/mol. The van der Waals surface area contributed by atoms with Crippen LogP contribution in [0.2, 0.25) is 0 Å². The number of amides is 1. The van der Waals surface area contributed by atoms with E-state index in [9.17, 15) is 4.79 Å².